The highest BCUT2D eigenvalue weighted by Crippen LogP contribution is 2.33. The molecule has 1 unspecified atom stereocenters. The fourth-order valence-electron chi connectivity index (χ4n) is 4.23. The van der Waals surface area contributed by atoms with Gasteiger partial charge in [0.2, 0.25) is 0 Å². The summed E-state index contributed by atoms with van der Waals surface area (Å²) >= 11 is 0. The lowest BCUT2D eigenvalue weighted by molar-refractivity contribution is 0.176. The van der Waals surface area contributed by atoms with Crippen LogP contribution in [0, 0.1) is 12.7 Å². The van der Waals surface area contributed by atoms with Crippen LogP contribution < -0.4 is 0 Å². The van der Waals surface area contributed by atoms with E-state index in [1.165, 1.54) is 29.0 Å². The number of aromatic nitrogens is 4. The summed E-state index contributed by atoms with van der Waals surface area (Å²) in [6.07, 6.45) is 2.83. The molecule has 5 rings (SSSR count). The third-order valence-electron chi connectivity index (χ3n) is 5.58. The quantitative estimate of drug-likeness (QED) is 0.511. The molecule has 1 aliphatic rings. The molecule has 0 saturated heterocycles. The smallest absolute Gasteiger partial charge is 0.165 e. The van der Waals surface area contributed by atoms with Crippen molar-refractivity contribution in [1.29, 1.82) is 0 Å². The lowest BCUT2D eigenvalue weighted by Gasteiger charge is -2.35. The van der Waals surface area contributed by atoms with E-state index in [1.54, 1.807) is 6.20 Å². The van der Waals surface area contributed by atoms with Crippen LogP contribution in [0.2, 0.25) is 0 Å². The van der Waals surface area contributed by atoms with Crippen LogP contribution in [0.3, 0.4) is 0 Å². The fourth-order valence-corrected chi connectivity index (χ4v) is 4.23. The molecule has 1 aliphatic heterocycles. The first-order chi connectivity index (χ1) is 14.7. The van der Waals surface area contributed by atoms with Gasteiger partial charge < -0.3 is 4.57 Å². The molecule has 6 heteroatoms. The van der Waals surface area contributed by atoms with Crippen LogP contribution in [0.4, 0.5) is 4.39 Å². The number of rotatable bonds is 4. The Morgan fingerprint density at radius 3 is 2.53 bits per heavy atom. The van der Waals surface area contributed by atoms with Gasteiger partial charge in [0.15, 0.2) is 5.82 Å². The van der Waals surface area contributed by atoms with E-state index in [1.807, 2.05) is 6.07 Å². The second-order valence-electron chi connectivity index (χ2n) is 7.68. The van der Waals surface area contributed by atoms with Crippen LogP contribution in [0.1, 0.15) is 28.6 Å². The molecule has 0 fully saturated rings. The average molecular weight is 399 g/mol. The van der Waals surface area contributed by atoms with Crippen molar-refractivity contribution < 1.29 is 4.39 Å². The summed E-state index contributed by atoms with van der Waals surface area (Å²) in [4.78, 5) is 6.39. The first-order valence-electron chi connectivity index (χ1n) is 10.1. The number of nitrogens with zero attached hydrogens (tertiary/aromatic N) is 5. The van der Waals surface area contributed by atoms with Crippen LogP contribution in [0.15, 0.2) is 73.1 Å². The van der Waals surface area contributed by atoms with Crippen LogP contribution in [0.5, 0.6) is 0 Å². The number of halogens is 1. The summed E-state index contributed by atoms with van der Waals surface area (Å²) in [5.41, 5.74) is 4.42. The van der Waals surface area contributed by atoms with E-state index in [0.717, 1.165) is 18.9 Å². The van der Waals surface area contributed by atoms with Crippen LogP contribution in [-0.4, -0.2) is 31.2 Å². The monoisotopic (exact) mass is 399 g/mol. The van der Waals surface area contributed by atoms with Gasteiger partial charge in [-0.15, -0.1) is 10.2 Å². The standard InChI is InChI=1S/C24H22FN5/c1-17-6-5-9-19(12-17)23(18-7-3-2-4-8-18)29-10-11-30-22(16-29)27-28-24(30)20-13-21(25)15-26-14-20/h2-9,12-15,23H,10-11,16H2,1H3. The van der Waals surface area contributed by atoms with Crippen molar-refractivity contribution in [3.63, 3.8) is 0 Å². The molecule has 0 saturated carbocycles. The van der Waals surface area contributed by atoms with Crippen LogP contribution in [0.25, 0.3) is 11.4 Å². The molecule has 0 aliphatic carbocycles. The third kappa shape index (κ3) is 3.50. The van der Waals surface area contributed by atoms with Gasteiger partial charge in [0, 0.05) is 24.8 Å². The summed E-state index contributed by atoms with van der Waals surface area (Å²) in [6, 6.07) is 20.8. The average Bonchev–Trinajstić information content (AvgIpc) is 3.18. The number of benzene rings is 2. The Morgan fingerprint density at radius 2 is 1.73 bits per heavy atom. The molecule has 30 heavy (non-hydrogen) atoms. The van der Waals surface area contributed by atoms with E-state index >= 15 is 0 Å². The first-order valence-corrected chi connectivity index (χ1v) is 10.1. The predicted molar refractivity (Wildman–Crippen MR) is 113 cm³/mol. The predicted octanol–water partition coefficient (Wildman–Crippen LogP) is 4.39. The molecule has 3 heterocycles. The maximum atomic E-state index is 13.6. The highest BCUT2D eigenvalue weighted by Gasteiger charge is 2.29. The van der Waals surface area contributed by atoms with Gasteiger partial charge in [0.05, 0.1) is 18.8 Å². The van der Waals surface area contributed by atoms with Gasteiger partial charge in [-0.2, -0.15) is 0 Å². The Hall–Kier alpha value is -3.38. The molecule has 2 aromatic carbocycles. The Labute approximate surface area is 174 Å². The first kappa shape index (κ1) is 18.6. The molecule has 0 amide bonds. The van der Waals surface area contributed by atoms with E-state index in [0.29, 0.717) is 17.9 Å². The summed E-state index contributed by atoms with van der Waals surface area (Å²) in [5, 5.41) is 8.76. The van der Waals surface area contributed by atoms with Crippen molar-refractivity contribution in [2.24, 2.45) is 0 Å². The molecular formula is C24H22FN5. The summed E-state index contributed by atoms with van der Waals surface area (Å²) in [5.74, 6) is 1.18. The lowest BCUT2D eigenvalue weighted by atomic mass is 9.95. The minimum absolute atomic E-state index is 0.135. The van der Waals surface area contributed by atoms with Crippen LogP contribution in [-0.2, 0) is 13.1 Å². The minimum atomic E-state index is -0.370. The second kappa shape index (κ2) is 7.80. The summed E-state index contributed by atoms with van der Waals surface area (Å²) < 4.78 is 15.7. The van der Waals surface area contributed by atoms with Gasteiger partial charge in [0.1, 0.15) is 11.6 Å². The van der Waals surface area contributed by atoms with Gasteiger partial charge >= 0.3 is 0 Å². The fraction of sp³-hybridized carbons (Fsp3) is 0.208. The van der Waals surface area contributed by atoms with Gasteiger partial charge in [-0.1, -0.05) is 60.2 Å². The number of hydrogen-bond donors (Lipinski definition) is 0. The van der Waals surface area contributed by atoms with Crippen LogP contribution >= 0.6 is 0 Å². The number of aryl methyl sites for hydroxylation is 1. The Kier molecular flexibility index (Phi) is 4.85. The molecule has 150 valence electrons. The lowest BCUT2D eigenvalue weighted by Crippen LogP contribution is -2.37. The third-order valence-corrected chi connectivity index (χ3v) is 5.58. The van der Waals surface area contributed by atoms with Crippen molar-refractivity contribution >= 4 is 0 Å². The maximum Gasteiger partial charge on any atom is 0.165 e. The van der Waals surface area contributed by atoms with Gasteiger partial charge in [-0.05, 0) is 24.1 Å². The largest absolute Gasteiger partial charge is 0.309 e. The van der Waals surface area contributed by atoms with Gasteiger partial charge in [-0.25, -0.2) is 4.39 Å². The SMILES string of the molecule is Cc1cccc(C(c2ccccc2)N2CCn3c(nnc3-c3cncc(F)c3)C2)c1. The zero-order valence-corrected chi connectivity index (χ0v) is 16.7. The topological polar surface area (TPSA) is 46.8 Å². The van der Waals surface area contributed by atoms with E-state index in [4.69, 9.17) is 0 Å². The number of fused-ring (bicyclic) bond motifs is 1. The Morgan fingerprint density at radius 1 is 0.900 bits per heavy atom. The molecule has 5 nitrogen and oxygen atoms in total. The molecule has 0 bridgehead atoms. The van der Waals surface area contributed by atoms with E-state index in [9.17, 15) is 4.39 Å². The summed E-state index contributed by atoms with van der Waals surface area (Å²) in [7, 11) is 0. The zero-order valence-electron chi connectivity index (χ0n) is 16.7. The summed E-state index contributed by atoms with van der Waals surface area (Å²) in [6.45, 7) is 4.37. The van der Waals surface area contributed by atoms with Gasteiger partial charge in [-0.3, -0.25) is 9.88 Å². The normalized spacial score (nSPS) is 15.0. The molecular weight excluding hydrogens is 377 g/mol. The Bertz CT molecular complexity index is 1170. The highest BCUT2D eigenvalue weighted by molar-refractivity contribution is 5.54. The molecule has 0 radical (unpaired) electrons. The highest BCUT2D eigenvalue weighted by atomic mass is 19.1. The van der Waals surface area contributed by atoms with Crippen molar-refractivity contribution in [1.82, 2.24) is 24.6 Å². The number of hydrogen-bond acceptors (Lipinski definition) is 4. The molecule has 4 aromatic rings. The van der Waals surface area contributed by atoms with Crippen molar-refractivity contribution in [2.45, 2.75) is 26.1 Å². The van der Waals surface area contributed by atoms with E-state index in [2.05, 4.69) is 80.1 Å². The van der Waals surface area contributed by atoms with Crippen molar-refractivity contribution in [2.75, 3.05) is 6.54 Å². The molecule has 0 N–H and O–H groups in total. The zero-order chi connectivity index (χ0) is 20.5. The van der Waals surface area contributed by atoms with E-state index < -0.39 is 0 Å². The number of pyridine rings is 1. The minimum Gasteiger partial charge on any atom is -0.309 e. The second-order valence-corrected chi connectivity index (χ2v) is 7.68. The molecule has 1 atom stereocenters. The Balaban J connectivity index is 1.50. The van der Waals surface area contributed by atoms with Crippen molar-refractivity contribution in [3.8, 4) is 11.4 Å². The molecule has 2 aromatic heterocycles. The maximum absolute atomic E-state index is 13.6. The molecule has 0 spiro atoms. The van der Waals surface area contributed by atoms with Gasteiger partial charge in [0.25, 0.3) is 0 Å². The van der Waals surface area contributed by atoms with E-state index in [-0.39, 0.29) is 11.9 Å². The van der Waals surface area contributed by atoms with Crippen molar-refractivity contribution in [3.05, 3.63) is 101 Å².